The highest BCUT2D eigenvalue weighted by Gasteiger charge is 2.39. The number of nitrogens with one attached hydrogen (secondary N) is 3. The standard InChI is InChI=1S/C17H22ClN3O2/c18-10-5-6-15-13(9-10)11(7-8-23-15)17(22)19-16-12-3-1-2-4-14(12)20-21-16/h5-6,9,11-12,14,16,20-21H,1-4,7-8H2,(H,19,22). The number of rotatable bonds is 2. The average Bonchev–Trinajstić information content (AvgIpc) is 2.97. The van der Waals surface area contributed by atoms with Gasteiger partial charge in [0.05, 0.1) is 18.7 Å². The van der Waals surface area contributed by atoms with Gasteiger partial charge < -0.3 is 10.1 Å². The molecule has 4 rings (SSSR count). The number of halogens is 1. The molecular weight excluding hydrogens is 314 g/mol. The van der Waals surface area contributed by atoms with E-state index in [0.29, 0.717) is 30.0 Å². The molecule has 3 aliphatic rings. The molecule has 0 bridgehead atoms. The fourth-order valence-electron chi connectivity index (χ4n) is 4.08. The van der Waals surface area contributed by atoms with E-state index in [4.69, 9.17) is 16.3 Å². The normalized spacial score (nSPS) is 32.6. The Morgan fingerprint density at radius 2 is 2.09 bits per heavy atom. The lowest BCUT2D eigenvalue weighted by Crippen LogP contribution is -2.49. The average molecular weight is 336 g/mol. The van der Waals surface area contributed by atoms with Crippen LogP contribution in [0.1, 0.15) is 43.6 Å². The summed E-state index contributed by atoms with van der Waals surface area (Å²) >= 11 is 6.10. The number of hydrazine groups is 1. The van der Waals surface area contributed by atoms with Crippen molar-refractivity contribution in [2.45, 2.75) is 50.2 Å². The molecule has 0 aromatic heterocycles. The van der Waals surface area contributed by atoms with Crippen LogP contribution in [0, 0.1) is 5.92 Å². The maximum Gasteiger partial charge on any atom is 0.229 e. The molecule has 3 N–H and O–H groups in total. The lowest BCUT2D eigenvalue weighted by Gasteiger charge is -2.30. The molecule has 1 aliphatic carbocycles. The highest BCUT2D eigenvalue weighted by atomic mass is 35.5. The van der Waals surface area contributed by atoms with Crippen molar-refractivity contribution in [3.8, 4) is 5.75 Å². The maximum absolute atomic E-state index is 12.8. The van der Waals surface area contributed by atoms with Gasteiger partial charge >= 0.3 is 0 Å². The molecule has 1 amide bonds. The predicted octanol–water partition coefficient (Wildman–Crippen LogP) is 2.31. The van der Waals surface area contributed by atoms with Crippen LogP contribution in [0.5, 0.6) is 5.75 Å². The van der Waals surface area contributed by atoms with Gasteiger partial charge in [-0.2, -0.15) is 0 Å². The summed E-state index contributed by atoms with van der Waals surface area (Å²) in [5.74, 6) is 1.12. The second kappa shape index (κ2) is 6.30. The van der Waals surface area contributed by atoms with Crippen molar-refractivity contribution in [2.24, 2.45) is 5.92 Å². The van der Waals surface area contributed by atoms with Crippen molar-refractivity contribution in [3.63, 3.8) is 0 Å². The molecule has 1 saturated carbocycles. The van der Waals surface area contributed by atoms with E-state index in [0.717, 1.165) is 17.7 Å². The summed E-state index contributed by atoms with van der Waals surface area (Å²) in [6.45, 7) is 0.565. The molecule has 124 valence electrons. The first-order valence-corrected chi connectivity index (χ1v) is 8.84. The van der Waals surface area contributed by atoms with Crippen LogP contribution in [0.4, 0.5) is 0 Å². The fraction of sp³-hybridized carbons (Fsp3) is 0.588. The molecule has 5 nitrogen and oxygen atoms in total. The van der Waals surface area contributed by atoms with Crippen LogP contribution in [-0.4, -0.2) is 24.7 Å². The third-order valence-corrected chi connectivity index (χ3v) is 5.53. The Labute approximate surface area is 141 Å². The molecule has 2 fully saturated rings. The predicted molar refractivity (Wildman–Crippen MR) is 88.3 cm³/mol. The largest absolute Gasteiger partial charge is 0.493 e. The molecule has 1 aromatic rings. The zero-order valence-electron chi connectivity index (χ0n) is 13.0. The van der Waals surface area contributed by atoms with Crippen molar-refractivity contribution < 1.29 is 9.53 Å². The van der Waals surface area contributed by atoms with Crippen molar-refractivity contribution in [1.82, 2.24) is 16.2 Å². The summed E-state index contributed by atoms with van der Waals surface area (Å²) in [6, 6.07) is 5.98. The Bertz CT molecular complexity index is 610. The third kappa shape index (κ3) is 2.93. The number of hydrogen-bond acceptors (Lipinski definition) is 4. The van der Waals surface area contributed by atoms with Crippen LogP contribution in [0.3, 0.4) is 0 Å². The maximum atomic E-state index is 12.8. The number of amides is 1. The summed E-state index contributed by atoms with van der Waals surface area (Å²) in [5.41, 5.74) is 7.50. The van der Waals surface area contributed by atoms with Gasteiger partial charge in [-0.25, -0.2) is 5.43 Å². The van der Waals surface area contributed by atoms with Crippen LogP contribution >= 0.6 is 11.6 Å². The smallest absolute Gasteiger partial charge is 0.229 e. The van der Waals surface area contributed by atoms with Crippen LogP contribution in [0.25, 0.3) is 0 Å². The van der Waals surface area contributed by atoms with E-state index in [1.807, 2.05) is 12.1 Å². The second-order valence-electron chi connectivity index (χ2n) is 6.70. The summed E-state index contributed by atoms with van der Waals surface area (Å²) < 4.78 is 5.65. The van der Waals surface area contributed by atoms with Crippen molar-refractivity contribution in [2.75, 3.05) is 6.61 Å². The Hall–Kier alpha value is -1.30. The Balaban J connectivity index is 1.49. The SMILES string of the molecule is O=C(NC1NNC2CCCCC21)C1CCOc2ccc(Cl)cc21. The molecule has 6 heteroatoms. The molecule has 4 atom stereocenters. The zero-order chi connectivity index (χ0) is 15.8. The van der Waals surface area contributed by atoms with Gasteiger partial charge in [0.15, 0.2) is 0 Å². The first kappa shape index (κ1) is 15.2. The van der Waals surface area contributed by atoms with E-state index in [1.54, 1.807) is 6.07 Å². The number of hydrogen-bond donors (Lipinski definition) is 3. The molecule has 4 unspecified atom stereocenters. The number of carbonyl (C=O) groups is 1. The van der Waals surface area contributed by atoms with Crippen molar-refractivity contribution in [1.29, 1.82) is 0 Å². The van der Waals surface area contributed by atoms with Crippen LogP contribution in [0.15, 0.2) is 18.2 Å². The van der Waals surface area contributed by atoms with Gasteiger partial charge in [-0.15, -0.1) is 0 Å². The van der Waals surface area contributed by atoms with Gasteiger partial charge in [-0.1, -0.05) is 24.4 Å². The molecule has 23 heavy (non-hydrogen) atoms. The van der Waals surface area contributed by atoms with E-state index in [-0.39, 0.29) is 18.0 Å². The van der Waals surface area contributed by atoms with Crippen molar-refractivity contribution >= 4 is 17.5 Å². The molecule has 0 radical (unpaired) electrons. The van der Waals surface area contributed by atoms with E-state index in [9.17, 15) is 4.79 Å². The molecule has 2 aliphatic heterocycles. The minimum Gasteiger partial charge on any atom is -0.493 e. The van der Waals surface area contributed by atoms with Crippen LogP contribution in [0.2, 0.25) is 5.02 Å². The van der Waals surface area contributed by atoms with E-state index in [1.165, 1.54) is 19.3 Å². The monoisotopic (exact) mass is 335 g/mol. The van der Waals surface area contributed by atoms with Crippen LogP contribution in [-0.2, 0) is 4.79 Å². The van der Waals surface area contributed by atoms with E-state index in [2.05, 4.69) is 16.2 Å². The van der Waals surface area contributed by atoms with Crippen molar-refractivity contribution in [3.05, 3.63) is 28.8 Å². The van der Waals surface area contributed by atoms with E-state index >= 15 is 0 Å². The lowest BCUT2D eigenvalue weighted by atomic mass is 9.84. The third-order valence-electron chi connectivity index (χ3n) is 5.30. The van der Waals surface area contributed by atoms with Gasteiger partial charge in [0.1, 0.15) is 5.75 Å². The minimum atomic E-state index is -0.193. The topological polar surface area (TPSA) is 62.4 Å². The minimum absolute atomic E-state index is 0.0123. The van der Waals surface area contributed by atoms with Gasteiger partial charge in [0.25, 0.3) is 0 Å². The Morgan fingerprint density at radius 1 is 1.22 bits per heavy atom. The van der Waals surface area contributed by atoms with E-state index < -0.39 is 0 Å². The quantitative estimate of drug-likeness (QED) is 0.776. The zero-order valence-corrected chi connectivity index (χ0v) is 13.7. The number of ether oxygens (including phenoxy) is 1. The Kier molecular flexibility index (Phi) is 4.18. The summed E-state index contributed by atoms with van der Waals surface area (Å²) in [6.07, 6.45) is 5.55. The molecule has 1 aromatic carbocycles. The van der Waals surface area contributed by atoms with Gasteiger partial charge in [-0.3, -0.25) is 10.2 Å². The first-order valence-electron chi connectivity index (χ1n) is 8.46. The number of carbonyl (C=O) groups excluding carboxylic acids is 1. The highest BCUT2D eigenvalue weighted by Crippen LogP contribution is 2.36. The molecular formula is C17H22ClN3O2. The number of benzene rings is 1. The summed E-state index contributed by atoms with van der Waals surface area (Å²) in [4.78, 5) is 12.8. The molecule has 2 heterocycles. The summed E-state index contributed by atoms with van der Waals surface area (Å²) in [5, 5.41) is 3.84. The summed E-state index contributed by atoms with van der Waals surface area (Å²) in [7, 11) is 0. The molecule has 1 saturated heterocycles. The second-order valence-corrected chi connectivity index (χ2v) is 7.14. The fourth-order valence-corrected chi connectivity index (χ4v) is 4.26. The Morgan fingerprint density at radius 3 is 3.00 bits per heavy atom. The number of fused-ring (bicyclic) bond motifs is 2. The van der Waals surface area contributed by atoms with Crippen LogP contribution < -0.4 is 20.9 Å². The highest BCUT2D eigenvalue weighted by molar-refractivity contribution is 6.30. The first-order chi connectivity index (χ1) is 11.2. The lowest BCUT2D eigenvalue weighted by molar-refractivity contribution is -0.124. The van der Waals surface area contributed by atoms with Gasteiger partial charge in [0, 0.05) is 22.5 Å². The molecule has 0 spiro atoms. The van der Waals surface area contributed by atoms with Gasteiger partial charge in [0.2, 0.25) is 5.91 Å². The van der Waals surface area contributed by atoms with Gasteiger partial charge in [-0.05, 0) is 37.5 Å².